The fourth-order valence-corrected chi connectivity index (χ4v) is 2.37. The molecule has 0 unspecified atom stereocenters. The molecule has 1 heterocycles. The van der Waals surface area contributed by atoms with Crippen LogP contribution in [0.1, 0.15) is 34.8 Å². The molecule has 0 bridgehead atoms. The summed E-state index contributed by atoms with van der Waals surface area (Å²) in [6.07, 6.45) is 1.86. The van der Waals surface area contributed by atoms with Crippen LogP contribution < -0.4 is 4.74 Å². The van der Waals surface area contributed by atoms with E-state index in [0.29, 0.717) is 12.4 Å². The Morgan fingerprint density at radius 1 is 1.65 bits per heavy atom. The summed E-state index contributed by atoms with van der Waals surface area (Å²) in [6.45, 7) is 4.19. The van der Waals surface area contributed by atoms with Crippen LogP contribution in [0.3, 0.4) is 0 Å². The van der Waals surface area contributed by atoms with Gasteiger partial charge in [-0.25, -0.2) is 4.79 Å². The maximum atomic E-state index is 11.0. The van der Waals surface area contributed by atoms with Gasteiger partial charge in [0.15, 0.2) is 4.88 Å². The van der Waals surface area contributed by atoms with Crippen LogP contribution in [-0.4, -0.2) is 17.7 Å². The normalized spacial score (nSPS) is 11.6. The lowest BCUT2D eigenvalue weighted by Crippen LogP contribution is -2.01. The van der Waals surface area contributed by atoms with Gasteiger partial charge in [-0.1, -0.05) is 24.9 Å². The highest BCUT2D eigenvalue weighted by Crippen LogP contribution is 2.30. The number of hydrogen-bond acceptors (Lipinski definition) is 3. The van der Waals surface area contributed by atoms with E-state index in [-0.39, 0.29) is 4.88 Å². The second-order valence-electron chi connectivity index (χ2n) is 3.71. The van der Waals surface area contributed by atoms with Crippen molar-refractivity contribution in [2.75, 3.05) is 6.61 Å². The molecule has 17 heavy (non-hydrogen) atoms. The summed E-state index contributed by atoms with van der Waals surface area (Å²) in [7, 11) is 0. The predicted octanol–water partition coefficient (Wildman–Crippen LogP) is 3.92. The van der Waals surface area contributed by atoms with E-state index >= 15 is 0 Å². The first-order chi connectivity index (χ1) is 8.08. The molecule has 0 saturated carbocycles. The fourth-order valence-electron chi connectivity index (χ4n) is 1.27. The Labute approximate surface area is 110 Å². The van der Waals surface area contributed by atoms with Crippen LogP contribution in [-0.2, 0) is 6.42 Å². The van der Waals surface area contributed by atoms with Crippen LogP contribution in [0.5, 0.6) is 5.75 Å². The maximum Gasteiger partial charge on any atom is 0.349 e. The Kier molecular flexibility index (Phi) is 5.51. The van der Waals surface area contributed by atoms with Gasteiger partial charge >= 0.3 is 5.97 Å². The van der Waals surface area contributed by atoms with Crippen molar-refractivity contribution in [1.29, 1.82) is 0 Å². The van der Waals surface area contributed by atoms with Gasteiger partial charge < -0.3 is 9.84 Å². The molecule has 0 aliphatic heterocycles. The fraction of sp³-hybridized carbons (Fsp3) is 0.417. The van der Waals surface area contributed by atoms with Crippen LogP contribution in [0.15, 0.2) is 17.2 Å². The van der Waals surface area contributed by atoms with Crippen molar-refractivity contribution < 1.29 is 14.6 Å². The Bertz CT molecular complexity index is 423. The summed E-state index contributed by atoms with van der Waals surface area (Å²) in [5, 5.41) is 9.06. The maximum absolute atomic E-state index is 11.0. The van der Waals surface area contributed by atoms with Crippen molar-refractivity contribution >= 4 is 28.9 Å². The molecule has 1 aromatic rings. The van der Waals surface area contributed by atoms with Gasteiger partial charge in [-0.3, -0.25) is 0 Å². The van der Waals surface area contributed by atoms with E-state index in [2.05, 4.69) is 6.92 Å². The average molecular weight is 275 g/mol. The highest BCUT2D eigenvalue weighted by atomic mass is 35.5. The second-order valence-corrected chi connectivity index (χ2v) is 5.06. The van der Waals surface area contributed by atoms with E-state index in [1.54, 1.807) is 6.07 Å². The lowest BCUT2D eigenvalue weighted by molar-refractivity contribution is 0.0698. The predicted molar refractivity (Wildman–Crippen MR) is 70.4 cm³/mol. The van der Waals surface area contributed by atoms with Gasteiger partial charge in [0.25, 0.3) is 0 Å². The van der Waals surface area contributed by atoms with Gasteiger partial charge in [-0.15, -0.1) is 11.3 Å². The van der Waals surface area contributed by atoms with Crippen LogP contribution in [0.2, 0.25) is 0 Å². The number of rotatable bonds is 6. The van der Waals surface area contributed by atoms with E-state index in [4.69, 9.17) is 21.4 Å². The number of hydrogen-bond donors (Lipinski definition) is 1. The van der Waals surface area contributed by atoms with Crippen molar-refractivity contribution in [3.05, 3.63) is 26.9 Å². The van der Waals surface area contributed by atoms with Crippen LogP contribution in [0.25, 0.3) is 0 Å². The lowest BCUT2D eigenvalue weighted by atomic mass is 10.3. The number of carboxylic acids is 1. The molecule has 94 valence electrons. The van der Waals surface area contributed by atoms with E-state index in [0.717, 1.165) is 23.3 Å². The molecular formula is C12H15ClO3S. The molecule has 1 aromatic heterocycles. The first kappa shape index (κ1) is 14.1. The van der Waals surface area contributed by atoms with Crippen molar-refractivity contribution in [2.45, 2.75) is 26.7 Å². The summed E-state index contributed by atoms with van der Waals surface area (Å²) in [6, 6.07) is 1.80. The van der Waals surface area contributed by atoms with Crippen LogP contribution in [0.4, 0.5) is 0 Å². The molecule has 1 rings (SSSR count). The molecule has 0 radical (unpaired) electrons. The lowest BCUT2D eigenvalue weighted by Gasteiger charge is -2.04. The van der Waals surface area contributed by atoms with Gasteiger partial charge in [-0.05, 0) is 25.0 Å². The van der Waals surface area contributed by atoms with E-state index in [1.165, 1.54) is 16.9 Å². The topological polar surface area (TPSA) is 46.5 Å². The van der Waals surface area contributed by atoms with Crippen molar-refractivity contribution in [2.24, 2.45) is 0 Å². The summed E-state index contributed by atoms with van der Waals surface area (Å²) >= 11 is 6.79. The molecule has 0 aliphatic carbocycles. The second kappa shape index (κ2) is 6.67. The average Bonchev–Trinajstić information content (AvgIpc) is 2.69. The monoisotopic (exact) mass is 274 g/mol. The van der Waals surface area contributed by atoms with E-state index in [9.17, 15) is 4.79 Å². The quantitative estimate of drug-likeness (QED) is 0.855. The van der Waals surface area contributed by atoms with Crippen molar-refractivity contribution in [3.8, 4) is 5.75 Å². The molecule has 0 saturated heterocycles. The smallest absolute Gasteiger partial charge is 0.349 e. The van der Waals surface area contributed by atoms with Crippen LogP contribution in [0, 0.1) is 0 Å². The molecule has 0 amide bonds. The minimum atomic E-state index is -0.945. The van der Waals surface area contributed by atoms with Crippen LogP contribution >= 0.6 is 22.9 Å². The largest absolute Gasteiger partial charge is 0.487 e. The highest BCUT2D eigenvalue weighted by Gasteiger charge is 2.16. The zero-order valence-corrected chi connectivity index (χ0v) is 11.4. The Morgan fingerprint density at radius 3 is 2.88 bits per heavy atom. The van der Waals surface area contributed by atoms with Gasteiger partial charge in [0, 0.05) is 10.4 Å². The zero-order chi connectivity index (χ0) is 12.8. The summed E-state index contributed by atoms with van der Waals surface area (Å²) in [5.74, 6) is -0.510. The molecule has 3 nitrogen and oxygen atoms in total. The highest BCUT2D eigenvalue weighted by molar-refractivity contribution is 7.14. The molecule has 1 N–H and O–H groups in total. The number of ether oxygens (including phenoxy) is 1. The standard InChI is InChI=1S/C12H15ClO3S/c1-3-4-9-5-10(11(17-9)12(14)15)16-7-8(2)6-13/h5-6H,3-4,7H2,1-2H3,(H,14,15). The SMILES string of the molecule is CCCc1cc(OCC(C)=CCl)c(C(=O)O)s1. The number of carboxylic acid groups (broad SMARTS) is 1. The Hall–Kier alpha value is -1.00. The third kappa shape index (κ3) is 4.06. The summed E-state index contributed by atoms with van der Waals surface area (Å²) < 4.78 is 5.45. The zero-order valence-electron chi connectivity index (χ0n) is 9.83. The molecule has 0 spiro atoms. The van der Waals surface area contributed by atoms with E-state index < -0.39 is 5.97 Å². The van der Waals surface area contributed by atoms with Gasteiger partial charge in [0.1, 0.15) is 12.4 Å². The van der Waals surface area contributed by atoms with Crippen molar-refractivity contribution in [3.63, 3.8) is 0 Å². The molecule has 0 aliphatic rings. The first-order valence-electron chi connectivity index (χ1n) is 5.33. The number of aryl methyl sites for hydroxylation is 1. The van der Waals surface area contributed by atoms with Gasteiger partial charge in [0.2, 0.25) is 0 Å². The third-order valence-corrected chi connectivity index (χ3v) is 3.62. The minimum absolute atomic E-state index is 0.260. The Morgan fingerprint density at radius 2 is 2.35 bits per heavy atom. The Balaban J connectivity index is 2.84. The number of thiophene rings is 1. The minimum Gasteiger partial charge on any atom is -0.487 e. The van der Waals surface area contributed by atoms with Crippen molar-refractivity contribution in [1.82, 2.24) is 0 Å². The number of halogens is 1. The molecule has 0 fully saturated rings. The third-order valence-electron chi connectivity index (χ3n) is 2.08. The number of carbonyl (C=O) groups is 1. The van der Waals surface area contributed by atoms with Gasteiger partial charge in [0.05, 0.1) is 0 Å². The molecule has 0 atom stereocenters. The van der Waals surface area contributed by atoms with Gasteiger partial charge in [-0.2, -0.15) is 0 Å². The summed E-state index contributed by atoms with van der Waals surface area (Å²) in [5.41, 5.74) is 2.28. The molecule has 0 aromatic carbocycles. The first-order valence-corrected chi connectivity index (χ1v) is 6.58. The summed E-state index contributed by atoms with van der Waals surface area (Å²) in [4.78, 5) is 12.3. The molecular weight excluding hydrogens is 260 g/mol. The number of aromatic carboxylic acids is 1. The van der Waals surface area contributed by atoms with E-state index in [1.807, 2.05) is 6.92 Å². The molecule has 5 heteroatoms.